The Kier molecular flexibility index (Phi) is 6.10. The molecule has 1 N–H and O–H groups in total. The number of hydrogen-bond acceptors (Lipinski definition) is 7. The zero-order valence-electron chi connectivity index (χ0n) is 17.7. The van der Waals surface area contributed by atoms with Gasteiger partial charge in [-0.25, -0.2) is 0 Å². The summed E-state index contributed by atoms with van der Waals surface area (Å²) in [4.78, 5) is 39.5. The number of aryl methyl sites for hydroxylation is 1. The van der Waals surface area contributed by atoms with Gasteiger partial charge >= 0.3 is 0 Å². The maximum atomic E-state index is 12.6. The molecule has 3 aromatic rings. The van der Waals surface area contributed by atoms with E-state index in [4.69, 9.17) is 0 Å². The van der Waals surface area contributed by atoms with Gasteiger partial charge in [0.05, 0.1) is 4.91 Å². The number of fused-ring (bicyclic) bond motifs is 1. The van der Waals surface area contributed by atoms with Crippen molar-refractivity contribution in [2.75, 3.05) is 11.9 Å². The number of anilines is 1. The van der Waals surface area contributed by atoms with E-state index >= 15 is 0 Å². The van der Waals surface area contributed by atoms with Crippen molar-refractivity contribution in [3.63, 3.8) is 0 Å². The van der Waals surface area contributed by atoms with Crippen LogP contribution in [-0.4, -0.2) is 43.3 Å². The number of amides is 3. The number of thioether (sulfide) groups is 1. The molecule has 2 aromatic heterocycles. The summed E-state index contributed by atoms with van der Waals surface area (Å²) in [6.07, 6.45) is 6.06. The lowest BCUT2D eigenvalue weighted by molar-refractivity contribution is -0.127. The highest BCUT2D eigenvalue weighted by Crippen LogP contribution is 2.33. The number of nitrogens with one attached hydrogen (secondary N) is 1. The molecular weight excluding hydrogens is 458 g/mol. The Morgan fingerprint density at radius 3 is 2.73 bits per heavy atom. The topological polar surface area (TPSA) is 97.2 Å². The number of hydrogen-bond donors (Lipinski definition) is 1. The summed E-state index contributed by atoms with van der Waals surface area (Å²) in [6.45, 7) is 0.584. The minimum absolute atomic E-state index is 0.326. The van der Waals surface area contributed by atoms with Crippen LogP contribution < -0.4 is 5.32 Å². The zero-order valence-corrected chi connectivity index (χ0v) is 19.3. The molecule has 0 spiro atoms. The van der Waals surface area contributed by atoms with Crippen LogP contribution in [0.15, 0.2) is 46.7 Å². The zero-order chi connectivity index (χ0) is 22.8. The minimum Gasteiger partial charge on any atom is -0.325 e. The molecule has 168 valence electrons. The highest BCUT2D eigenvalue weighted by molar-refractivity contribution is 8.18. The highest BCUT2D eigenvalue weighted by atomic mass is 32.2. The van der Waals surface area contributed by atoms with Crippen LogP contribution in [0.25, 0.3) is 17.5 Å². The van der Waals surface area contributed by atoms with Gasteiger partial charge in [-0.2, -0.15) is 0 Å². The van der Waals surface area contributed by atoms with Crippen LogP contribution in [0.5, 0.6) is 0 Å². The van der Waals surface area contributed by atoms with Crippen LogP contribution in [0.1, 0.15) is 30.0 Å². The second-order valence-electron chi connectivity index (χ2n) is 7.81. The quantitative estimate of drug-likeness (QED) is 0.545. The second kappa shape index (κ2) is 9.32. The van der Waals surface area contributed by atoms with Crippen LogP contribution in [0.3, 0.4) is 0 Å². The normalized spacial score (nSPS) is 17.3. The van der Waals surface area contributed by atoms with Gasteiger partial charge < -0.3 is 9.88 Å². The van der Waals surface area contributed by atoms with E-state index in [0.717, 1.165) is 64.6 Å². The predicted octanol–water partition coefficient (Wildman–Crippen LogP) is 4.41. The molecule has 2 aliphatic heterocycles. The highest BCUT2D eigenvalue weighted by Gasteiger charge is 2.36. The van der Waals surface area contributed by atoms with Crippen molar-refractivity contribution in [1.29, 1.82) is 0 Å². The SMILES string of the molecule is O=C(CN1C(=O)S/C(=C/c2cccs2)C1=O)Nc1ccc(-c2nnc3n2CCCCC3)cc1. The average Bonchev–Trinajstić information content (AvgIpc) is 3.48. The molecule has 3 amide bonds. The third kappa shape index (κ3) is 4.62. The molecule has 5 rings (SSSR count). The Bertz CT molecular complexity index is 1230. The van der Waals surface area contributed by atoms with Crippen molar-refractivity contribution in [3.05, 3.63) is 57.4 Å². The number of thiophene rings is 1. The first kappa shape index (κ1) is 21.6. The summed E-state index contributed by atoms with van der Waals surface area (Å²) in [5, 5.41) is 12.9. The Labute approximate surface area is 198 Å². The number of carbonyl (C=O) groups is 3. The molecule has 0 atom stereocenters. The van der Waals surface area contributed by atoms with E-state index in [1.165, 1.54) is 17.8 Å². The predicted molar refractivity (Wildman–Crippen MR) is 129 cm³/mol. The number of rotatable bonds is 5. The van der Waals surface area contributed by atoms with E-state index in [1.54, 1.807) is 18.2 Å². The molecule has 0 saturated carbocycles. The largest absolute Gasteiger partial charge is 0.325 e. The Morgan fingerprint density at radius 1 is 1.09 bits per heavy atom. The maximum Gasteiger partial charge on any atom is 0.294 e. The molecule has 4 heterocycles. The van der Waals surface area contributed by atoms with Gasteiger partial charge in [0.15, 0.2) is 5.82 Å². The van der Waals surface area contributed by atoms with Gasteiger partial charge in [-0.1, -0.05) is 12.5 Å². The number of carbonyl (C=O) groups excluding carboxylic acids is 3. The van der Waals surface area contributed by atoms with E-state index in [1.807, 2.05) is 29.6 Å². The fraction of sp³-hybridized carbons (Fsp3) is 0.261. The maximum absolute atomic E-state index is 12.6. The summed E-state index contributed by atoms with van der Waals surface area (Å²) >= 11 is 2.33. The van der Waals surface area contributed by atoms with E-state index < -0.39 is 17.1 Å². The van der Waals surface area contributed by atoms with Crippen molar-refractivity contribution in [2.24, 2.45) is 0 Å². The number of imide groups is 1. The summed E-state index contributed by atoms with van der Waals surface area (Å²) in [7, 11) is 0. The van der Waals surface area contributed by atoms with Crippen molar-refractivity contribution in [2.45, 2.75) is 32.2 Å². The fourth-order valence-corrected chi connectivity index (χ4v) is 5.45. The molecule has 2 aliphatic rings. The first-order chi connectivity index (χ1) is 16.1. The molecule has 33 heavy (non-hydrogen) atoms. The van der Waals surface area contributed by atoms with Crippen LogP contribution in [0, 0.1) is 0 Å². The third-order valence-electron chi connectivity index (χ3n) is 5.53. The van der Waals surface area contributed by atoms with E-state index in [0.29, 0.717) is 10.6 Å². The molecule has 10 heteroatoms. The van der Waals surface area contributed by atoms with E-state index in [2.05, 4.69) is 20.1 Å². The van der Waals surface area contributed by atoms with Gasteiger partial charge in [-0.05, 0) is 66.4 Å². The summed E-state index contributed by atoms with van der Waals surface area (Å²) in [5.41, 5.74) is 1.51. The molecule has 0 radical (unpaired) electrons. The van der Waals surface area contributed by atoms with Crippen molar-refractivity contribution in [1.82, 2.24) is 19.7 Å². The molecule has 0 unspecified atom stereocenters. The van der Waals surface area contributed by atoms with Crippen molar-refractivity contribution >= 4 is 51.9 Å². The second-order valence-corrected chi connectivity index (χ2v) is 9.78. The first-order valence-electron chi connectivity index (χ1n) is 10.7. The first-order valence-corrected chi connectivity index (χ1v) is 12.4. The molecular formula is C23H21N5O3S2. The lowest BCUT2D eigenvalue weighted by Crippen LogP contribution is -2.36. The standard InChI is InChI=1S/C23H21N5O3S2/c29-20(14-28-22(30)18(33-23(28)31)13-17-5-4-12-32-17)24-16-9-7-15(8-10-16)21-26-25-19-6-2-1-3-11-27(19)21/h4-5,7-10,12-13H,1-3,6,11,14H2,(H,24,29)/b18-13+. The number of nitrogens with zero attached hydrogens (tertiary/aromatic N) is 4. The molecule has 1 aromatic carbocycles. The van der Waals surface area contributed by atoms with Gasteiger partial charge in [0, 0.05) is 29.1 Å². The number of benzene rings is 1. The summed E-state index contributed by atoms with van der Waals surface area (Å²) < 4.78 is 2.17. The van der Waals surface area contributed by atoms with Gasteiger partial charge in [0.25, 0.3) is 11.1 Å². The van der Waals surface area contributed by atoms with Gasteiger partial charge in [-0.3, -0.25) is 19.3 Å². The lowest BCUT2D eigenvalue weighted by atomic mass is 10.2. The van der Waals surface area contributed by atoms with Crippen LogP contribution >= 0.6 is 23.1 Å². The molecule has 0 aliphatic carbocycles. The van der Waals surface area contributed by atoms with Crippen molar-refractivity contribution < 1.29 is 14.4 Å². The Morgan fingerprint density at radius 2 is 1.94 bits per heavy atom. The summed E-state index contributed by atoms with van der Waals surface area (Å²) in [6, 6.07) is 11.1. The van der Waals surface area contributed by atoms with Crippen LogP contribution in [0.4, 0.5) is 10.5 Å². The molecule has 0 bridgehead atoms. The third-order valence-corrected chi connectivity index (χ3v) is 7.25. The molecule has 8 nitrogen and oxygen atoms in total. The fourth-order valence-electron chi connectivity index (χ4n) is 3.88. The monoisotopic (exact) mass is 479 g/mol. The lowest BCUT2D eigenvalue weighted by Gasteiger charge is -2.13. The summed E-state index contributed by atoms with van der Waals surface area (Å²) in [5.74, 6) is 0.973. The Hall–Kier alpha value is -3.24. The van der Waals surface area contributed by atoms with Gasteiger partial charge in [-0.15, -0.1) is 21.5 Å². The average molecular weight is 480 g/mol. The van der Waals surface area contributed by atoms with Crippen LogP contribution in [0.2, 0.25) is 0 Å². The molecule has 1 fully saturated rings. The molecule has 1 saturated heterocycles. The smallest absolute Gasteiger partial charge is 0.294 e. The van der Waals surface area contributed by atoms with Crippen molar-refractivity contribution in [3.8, 4) is 11.4 Å². The van der Waals surface area contributed by atoms with Gasteiger partial charge in [0.1, 0.15) is 12.4 Å². The van der Waals surface area contributed by atoms with Crippen LogP contribution in [-0.2, 0) is 22.6 Å². The minimum atomic E-state index is -0.448. The van der Waals surface area contributed by atoms with E-state index in [9.17, 15) is 14.4 Å². The number of aromatic nitrogens is 3. The van der Waals surface area contributed by atoms with Gasteiger partial charge in [0.2, 0.25) is 5.91 Å². The van der Waals surface area contributed by atoms with E-state index in [-0.39, 0.29) is 6.54 Å². The Balaban J connectivity index is 1.23.